The summed E-state index contributed by atoms with van der Waals surface area (Å²) < 4.78 is 0. The Kier molecular flexibility index (Phi) is 4.44. The summed E-state index contributed by atoms with van der Waals surface area (Å²) in [5.74, 6) is 1.02. The van der Waals surface area contributed by atoms with Crippen molar-refractivity contribution in [2.75, 3.05) is 25.7 Å². The van der Waals surface area contributed by atoms with Crippen LogP contribution in [0.25, 0.3) is 0 Å². The number of para-hydroxylation sites is 1. The molecule has 2 aliphatic heterocycles. The van der Waals surface area contributed by atoms with Gasteiger partial charge in [0.2, 0.25) is 0 Å². The molecule has 0 saturated carbocycles. The van der Waals surface area contributed by atoms with Crippen LogP contribution in [0.1, 0.15) is 50.7 Å². The molecule has 0 radical (unpaired) electrons. The van der Waals surface area contributed by atoms with E-state index in [1.54, 1.807) is 0 Å². The Balaban J connectivity index is 2.04. The van der Waals surface area contributed by atoms with Gasteiger partial charge >= 0.3 is 0 Å². The Labute approximate surface area is 146 Å². The molecule has 3 heteroatoms. The van der Waals surface area contributed by atoms with E-state index in [9.17, 15) is 0 Å². The van der Waals surface area contributed by atoms with Gasteiger partial charge in [0.05, 0.1) is 12.4 Å². The van der Waals surface area contributed by atoms with Crippen molar-refractivity contribution in [2.24, 2.45) is 0 Å². The van der Waals surface area contributed by atoms with E-state index >= 15 is 0 Å². The van der Waals surface area contributed by atoms with Crippen LogP contribution in [-0.4, -0.2) is 30.6 Å². The quantitative estimate of drug-likeness (QED) is 0.786. The van der Waals surface area contributed by atoms with Gasteiger partial charge in [-0.25, -0.2) is 0 Å². The highest BCUT2D eigenvalue weighted by Gasteiger charge is 2.26. The smallest absolute Gasteiger partial charge is 0.0989 e. The highest BCUT2D eigenvalue weighted by atomic mass is 15.4. The van der Waals surface area contributed by atoms with Gasteiger partial charge < -0.3 is 14.7 Å². The van der Waals surface area contributed by atoms with Gasteiger partial charge in [0.15, 0.2) is 0 Å². The molecule has 3 rings (SSSR count). The number of fused-ring (bicyclic) bond motifs is 1. The second kappa shape index (κ2) is 6.39. The Morgan fingerprint density at radius 1 is 0.958 bits per heavy atom. The number of hydrogen-bond donors (Lipinski definition) is 0. The van der Waals surface area contributed by atoms with E-state index in [2.05, 4.69) is 99.2 Å². The normalized spacial score (nSPS) is 16.7. The van der Waals surface area contributed by atoms with Crippen LogP contribution in [-0.2, 0) is 0 Å². The van der Waals surface area contributed by atoms with Crippen LogP contribution in [0.2, 0.25) is 0 Å². The summed E-state index contributed by atoms with van der Waals surface area (Å²) in [6, 6.07) is 6.76. The second-order valence-electron chi connectivity index (χ2n) is 7.51. The lowest BCUT2D eigenvalue weighted by Crippen LogP contribution is -2.26. The summed E-state index contributed by atoms with van der Waals surface area (Å²) in [5, 5.41) is 0. The molecule has 24 heavy (non-hydrogen) atoms. The fourth-order valence-electron chi connectivity index (χ4n) is 3.40. The van der Waals surface area contributed by atoms with Crippen molar-refractivity contribution in [2.45, 2.75) is 39.5 Å². The van der Waals surface area contributed by atoms with Gasteiger partial charge in [0.25, 0.3) is 0 Å². The maximum Gasteiger partial charge on any atom is 0.0989 e. The van der Waals surface area contributed by atoms with E-state index in [-0.39, 0.29) is 0 Å². The monoisotopic (exact) mass is 323 g/mol. The Bertz CT molecular complexity index is 682. The van der Waals surface area contributed by atoms with Crippen LogP contribution >= 0.6 is 0 Å². The molecule has 0 saturated heterocycles. The van der Waals surface area contributed by atoms with Gasteiger partial charge in [-0.2, -0.15) is 0 Å². The number of nitrogens with zero attached hydrogens (tertiary/aromatic N) is 3. The maximum atomic E-state index is 2.42. The van der Waals surface area contributed by atoms with Crippen LogP contribution < -0.4 is 4.90 Å². The Morgan fingerprint density at radius 2 is 1.58 bits per heavy atom. The first-order valence-corrected chi connectivity index (χ1v) is 8.83. The van der Waals surface area contributed by atoms with E-state index in [0.29, 0.717) is 11.8 Å². The number of rotatable bonds is 4. The number of anilines is 1. The summed E-state index contributed by atoms with van der Waals surface area (Å²) >= 11 is 0. The zero-order chi connectivity index (χ0) is 17.4. The van der Waals surface area contributed by atoms with Crippen LogP contribution in [0.4, 0.5) is 5.69 Å². The SMILES string of the molecule is CC(C)c1cccc(C(C)C)c1N1C=C2C=C(N(C)C)C=CN2C1. The predicted octanol–water partition coefficient (Wildman–Crippen LogP) is 4.83. The van der Waals surface area contributed by atoms with Gasteiger partial charge in [0, 0.05) is 37.9 Å². The van der Waals surface area contributed by atoms with Crippen molar-refractivity contribution in [3.05, 3.63) is 65.3 Å². The third-order valence-electron chi connectivity index (χ3n) is 4.79. The second-order valence-corrected chi connectivity index (χ2v) is 7.51. The van der Waals surface area contributed by atoms with Crippen LogP contribution in [0.5, 0.6) is 0 Å². The molecular formula is C21H29N3. The highest BCUT2D eigenvalue weighted by molar-refractivity contribution is 5.65. The number of benzene rings is 1. The largest absolute Gasteiger partial charge is 0.378 e. The number of likely N-dealkylation sites (N-methyl/N-ethyl adjacent to an activating group) is 1. The van der Waals surface area contributed by atoms with Crippen molar-refractivity contribution in [3.63, 3.8) is 0 Å². The first-order valence-electron chi connectivity index (χ1n) is 8.83. The maximum absolute atomic E-state index is 2.42. The molecule has 0 atom stereocenters. The molecule has 1 aromatic rings. The Morgan fingerprint density at radius 3 is 2.12 bits per heavy atom. The van der Waals surface area contributed by atoms with E-state index in [4.69, 9.17) is 0 Å². The highest BCUT2D eigenvalue weighted by Crippen LogP contribution is 2.38. The van der Waals surface area contributed by atoms with Crippen molar-refractivity contribution in [1.29, 1.82) is 0 Å². The first-order chi connectivity index (χ1) is 11.4. The molecule has 1 aromatic carbocycles. The van der Waals surface area contributed by atoms with Crippen LogP contribution in [0.3, 0.4) is 0 Å². The molecule has 2 heterocycles. The summed E-state index contributed by atoms with van der Waals surface area (Å²) in [7, 11) is 4.17. The fourth-order valence-corrected chi connectivity index (χ4v) is 3.40. The average Bonchev–Trinajstić information content (AvgIpc) is 2.96. The topological polar surface area (TPSA) is 9.72 Å². The summed E-state index contributed by atoms with van der Waals surface area (Å²) in [6.07, 6.45) is 8.92. The minimum atomic E-state index is 0.512. The van der Waals surface area contributed by atoms with Crippen molar-refractivity contribution >= 4 is 5.69 Å². The van der Waals surface area contributed by atoms with E-state index in [1.807, 2.05) is 0 Å². The van der Waals surface area contributed by atoms with E-state index in [0.717, 1.165) is 6.67 Å². The summed E-state index contributed by atoms with van der Waals surface area (Å²) in [5.41, 5.74) is 6.74. The first kappa shape index (κ1) is 16.7. The number of hydrogen-bond acceptors (Lipinski definition) is 3. The summed E-state index contributed by atoms with van der Waals surface area (Å²) in [4.78, 5) is 6.88. The minimum Gasteiger partial charge on any atom is -0.378 e. The number of allylic oxidation sites excluding steroid dienone is 2. The standard InChI is InChI=1S/C21H29N3/c1-15(2)19-8-7-9-20(16(3)4)21(19)24-13-18-12-17(22(5)6)10-11-23(18)14-24/h7-13,15-16H,14H2,1-6H3. The molecule has 0 amide bonds. The summed E-state index contributed by atoms with van der Waals surface area (Å²) in [6.45, 7) is 10.0. The van der Waals surface area contributed by atoms with Crippen molar-refractivity contribution < 1.29 is 0 Å². The molecular weight excluding hydrogens is 294 g/mol. The van der Waals surface area contributed by atoms with E-state index in [1.165, 1.54) is 28.2 Å². The molecule has 0 bridgehead atoms. The molecule has 3 nitrogen and oxygen atoms in total. The molecule has 0 N–H and O–H groups in total. The third-order valence-corrected chi connectivity index (χ3v) is 4.79. The molecule has 0 unspecified atom stereocenters. The van der Waals surface area contributed by atoms with Crippen LogP contribution in [0.15, 0.2) is 54.1 Å². The third kappa shape index (κ3) is 2.95. The van der Waals surface area contributed by atoms with Gasteiger partial charge in [-0.15, -0.1) is 0 Å². The Hall–Kier alpha value is -2.16. The van der Waals surface area contributed by atoms with Crippen molar-refractivity contribution in [3.8, 4) is 0 Å². The predicted molar refractivity (Wildman–Crippen MR) is 103 cm³/mol. The molecule has 2 aliphatic rings. The van der Waals surface area contributed by atoms with Gasteiger partial charge in [0.1, 0.15) is 0 Å². The van der Waals surface area contributed by atoms with Gasteiger partial charge in [-0.3, -0.25) is 0 Å². The lowest BCUT2D eigenvalue weighted by atomic mass is 9.92. The van der Waals surface area contributed by atoms with Crippen molar-refractivity contribution in [1.82, 2.24) is 9.80 Å². The fraction of sp³-hybridized carbons (Fsp3) is 0.429. The lowest BCUT2D eigenvalue weighted by Gasteiger charge is -2.28. The van der Waals surface area contributed by atoms with Gasteiger partial charge in [-0.05, 0) is 35.1 Å². The van der Waals surface area contributed by atoms with Crippen LogP contribution in [0, 0.1) is 0 Å². The zero-order valence-corrected chi connectivity index (χ0v) is 15.7. The minimum absolute atomic E-state index is 0.512. The lowest BCUT2D eigenvalue weighted by molar-refractivity contribution is 0.483. The van der Waals surface area contributed by atoms with Gasteiger partial charge in [-0.1, -0.05) is 45.9 Å². The molecule has 128 valence electrons. The molecule has 0 aliphatic carbocycles. The average molecular weight is 323 g/mol. The molecule has 0 spiro atoms. The zero-order valence-electron chi connectivity index (χ0n) is 15.7. The molecule has 0 aromatic heterocycles. The van der Waals surface area contributed by atoms with E-state index < -0.39 is 0 Å². The molecule has 0 fully saturated rings.